The zero-order valence-corrected chi connectivity index (χ0v) is 10.8. The number of hydrogen-bond acceptors (Lipinski definition) is 4. The second-order valence-electron chi connectivity index (χ2n) is 4.10. The molecule has 1 unspecified atom stereocenters. The number of nitrogens with two attached hydrogens (primary N) is 1. The van der Waals surface area contributed by atoms with E-state index in [0.717, 1.165) is 36.7 Å². The molecule has 94 valence electrons. The number of nitrogens with zero attached hydrogens (tertiary/aromatic N) is 2. The number of aryl methyl sites for hydroxylation is 1. The van der Waals surface area contributed by atoms with Crippen molar-refractivity contribution in [3.8, 4) is 0 Å². The summed E-state index contributed by atoms with van der Waals surface area (Å²) in [6, 6.07) is 0. The highest BCUT2D eigenvalue weighted by Crippen LogP contribution is 2.11. The minimum atomic E-state index is 0.283. The van der Waals surface area contributed by atoms with Gasteiger partial charge in [-0.2, -0.15) is 0 Å². The highest BCUT2D eigenvalue weighted by molar-refractivity contribution is 7.09. The zero-order chi connectivity index (χ0) is 12.1. The molecule has 0 aliphatic carbocycles. The van der Waals surface area contributed by atoms with E-state index in [2.05, 4.69) is 15.3 Å². The van der Waals surface area contributed by atoms with Crippen LogP contribution in [0.25, 0.3) is 0 Å². The molecule has 1 saturated heterocycles. The predicted molar refractivity (Wildman–Crippen MR) is 69.2 cm³/mol. The first-order valence-electron chi connectivity index (χ1n) is 5.80. The van der Waals surface area contributed by atoms with Gasteiger partial charge in [-0.25, -0.2) is 9.98 Å². The van der Waals surface area contributed by atoms with Gasteiger partial charge >= 0.3 is 0 Å². The third kappa shape index (κ3) is 3.98. The third-order valence-corrected chi connectivity index (χ3v) is 3.54. The maximum Gasteiger partial charge on any atom is 0.189 e. The van der Waals surface area contributed by atoms with Crippen molar-refractivity contribution in [3.05, 3.63) is 16.1 Å². The Hall–Kier alpha value is -1.14. The quantitative estimate of drug-likeness (QED) is 0.622. The summed E-state index contributed by atoms with van der Waals surface area (Å²) in [5.74, 6) is 0.466. The van der Waals surface area contributed by atoms with Gasteiger partial charge in [0.05, 0.1) is 12.6 Å². The molecule has 0 saturated carbocycles. The van der Waals surface area contributed by atoms with E-state index in [1.807, 2.05) is 12.3 Å². The lowest BCUT2D eigenvalue weighted by atomic mass is 10.2. The Bertz CT molecular complexity index is 385. The SMILES string of the molecule is Cc1csc(CN=C(N)NCC2CCCO2)n1. The van der Waals surface area contributed by atoms with E-state index in [4.69, 9.17) is 10.5 Å². The van der Waals surface area contributed by atoms with Gasteiger partial charge in [-0.1, -0.05) is 0 Å². The number of thiazole rings is 1. The van der Waals surface area contributed by atoms with Crippen molar-refractivity contribution in [3.63, 3.8) is 0 Å². The first-order chi connectivity index (χ1) is 8.24. The highest BCUT2D eigenvalue weighted by Gasteiger charge is 2.14. The van der Waals surface area contributed by atoms with Gasteiger partial charge < -0.3 is 15.8 Å². The molecule has 2 heterocycles. The minimum absolute atomic E-state index is 0.283. The van der Waals surface area contributed by atoms with Crippen molar-refractivity contribution < 1.29 is 4.74 Å². The van der Waals surface area contributed by atoms with Gasteiger partial charge in [0, 0.05) is 24.2 Å². The molecule has 1 aromatic heterocycles. The second-order valence-corrected chi connectivity index (χ2v) is 5.04. The fraction of sp³-hybridized carbons (Fsp3) is 0.636. The third-order valence-electron chi connectivity index (χ3n) is 2.59. The van der Waals surface area contributed by atoms with Crippen LogP contribution >= 0.6 is 11.3 Å². The number of guanidine groups is 1. The molecule has 1 aliphatic heterocycles. The van der Waals surface area contributed by atoms with Gasteiger partial charge in [-0.15, -0.1) is 11.3 Å². The molecule has 0 amide bonds. The van der Waals surface area contributed by atoms with E-state index in [9.17, 15) is 0 Å². The van der Waals surface area contributed by atoms with Gasteiger partial charge in [0.1, 0.15) is 5.01 Å². The number of aromatic nitrogens is 1. The number of hydrogen-bond donors (Lipinski definition) is 2. The summed E-state index contributed by atoms with van der Waals surface area (Å²) >= 11 is 1.61. The number of nitrogens with one attached hydrogen (secondary N) is 1. The smallest absolute Gasteiger partial charge is 0.189 e. The maximum absolute atomic E-state index is 5.77. The minimum Gasteiger partial charge on any atom is -0.376 e. The summed E-state index contributed by atoms with van der Waals surface area (Å²) in [6.07, 6.45) is 2.53. The normalized spacial score (nSPS) is 20.8. The first-order valence-corrected chi connectivity index (χ1v) is 6.68. The molecule has 6 heteroatoms. The van der Waals surface area contributed by atoms with Gasteiger partial charge in [0.2, 0.25) is 0 Å². The van der Waals surface area contributed by atoms with E-state index in [1.54, 1.807) is 11.3 Å². The largest absolute Gasteiger partial charge is 0.376 e. The average molecular weight is 254 g/mol. The topological polar surface area (TPSA) is 72.5 Å². The summed E-state index contributed by atoms with van der Waals surface area (Å²) in [4.78, 5) is 8.57. The lowest BCUT2D eigenvalue weighted by Crippen LogP contribution is -2.37. The van der Waals surface area contributed by atoms with E-state index < -0.39 is 0 Å². The predicted octanol–water partition coefficient (Wildman–Crippen LogP) is 1.03. The van der Waals surface area contributed by atoms with Crippen LogP contribution in [0.4, 0.5) is 0 Å². The van der Waals surface area contributed by atoms with Crippen LogP contribution in [0.15, 0.2) is 10.4 Å². The Labute approximate surface area is 105 Å². The van der Waals surface area contributed by atoms with E-state index in [1.165, 1.54) is 0 Å². The Kier molecular flexibility index (Phi) is 4.33. The van der Waals surface area contributed by atoms with Crippen LogP contribution in [0, 0.1) is 6.92 Å². The molecule has 17 heavy (non-hydrogen) atoms. The van der Waals surface area contributed by atoms with Crippen LogP contribution in [-0.2, 0) is 11.3 Å². The number of aliphatic imine (C=N–C) groups is 1. The number of ether oxygens (including phenoxy) is 1. The van der Waals surface area contributed by atoms with E-state index in [-0.39, 0.29) is 6.10 Å². The van der Waals surface area contributed by atoms with Gasteiger partial charge in [0.15, 0.2) is 5.96 Å². The molecule has 0 spiro atoms. The fourth-order valence-electron chi connectivity index (χ4n) is 1.71. The fourth-order valence-corrected chi connectivity index (χ4v) is 2.40. The molecular formula is C11H18N4OS. The van der Waals surface area contributed by atoms with Gasteiger partial charge in [0.25, 0.3) is 0 Å². The van der Waals surface area contributed by atoms with Gasteiger partial charge in [-0.05, 0) is 19.8 Å². The molecule has 3 N–H and O–H groups in total. The van der Waals surface area contributed by atoms with Crippen molar-refractivity contribution in [1.82, 2.24) is 10.3 Å². The Balaban J connectivity index is 1.73. The van der Waals surface area contributed by atoms with Crippen LogP contribution in [0.2, 0.25) is 0 Å². The van der Waals surface area contributed by atoms with Crippen LogP contribution in [-0.4, -0.2) is 30.2 Å². The molecule has 2 rings (SSSR count). The van der Waals surface area contributed by atoms with Crippen molar-refractivity contribution in [2.24, 2.45) is 10.7 Å². The zero-order valence-electron chi connectivity index (χ0n) is 9.98. The van der Waals surface area contributed by atoms with Crippen molar-refractivity contribution >= 4 is 17.3 Å². The van der Waals surface area contributed by atoms with Crippen LogP contribution < -0.4 is 11.1 Å². The first kappa shape index (κ1) is 12.3. The Morgan fingerprint density at radius 3 is 3.29 bits per heavy atom. The summed E-state index contributed by atoms with van der Waals surface area (Å²) in [5.41, 5.74) is 6.80. The van der Waals surface area contributed by atoms with E-state index >= 15 is 0 Å². The van der Waals surface area contributed by atoms with Crippen LogP contribution in [0.5, 0.6) is 0 Å². The molecule has 0 radical (unpaired) electrons. The molecule has 1 aromatic rings. The number of rotatable bonds is 4. The molecule has 1 atom stereocenters. The summed E-state index contributed by atoms with van der Waals surface area (Å²) in [5, 5.41) is 6.09. The molecule has 0 aromatic carbocycles. The Morgan fingerprint density at radius 2 is 2.65 bits per heavy atom. The summed E-state index contributed by atoms with van der Waals surface area (Å²) < 4.78 is 5.49. The van der Waals surface area contributed by atoms with Crippen LogP contribution in [0.1, 0.15) is 23.5 Å². The van der Waals surface area contributed by atoms with Crippen molar-refractivity contribution in [1.29, 1.82) is 0 Å². The van der Waals surface area contributed by atoms with Crippen molar-refractivity contribution in [2.45, 2.75) is 32.4 Å². The monoisotopic (exact) mass is 254 g/mol. The molecular weight excluding hydrogens is 236 g/mol. The summed E-state index contributed by atoms with van der Waals surface area (Å²) in [7, 11) is 0. The lowest BCUT2D eigenvalue weighted by molar-refractivity contribution is 0.114. The standard InChI is InChI=1S/C11H18N4OS/c1-8-7-17-10(15-8)6-14-11(12)13-5-9-3-2-4-16-9/h7,9H,2-6H2,1H3,(H3,12,13,14). The average Bonchev–Trinajstić information content (AvgIpc) is 2.95. The maximum atomic E-state index is 5.77. The molecule has 1 aliphatic rings. The molecule has 0 bridgehead atoms. The highest BCUT2D eigenvalue weighted by atomic mass is 32.1. The Morgan fingerprint density at radius 1 is 1.76 bits per heavy atom. The van der Waals surface area contributed by atoms with Gasteiger partial charge in [-0.3, -0.25) is 0 Å². The second kappa shape index (κ2) is 5.97. The lowest BCUT2D eigenvalue weighted by Gasteiger charge is -2.10. The molecule has 1 fully saturated rings. The summed E-state index contributed by atoms with van der Waals surface area (Å²) in [6.45, 7) is 4.12. The van der Waals surface area contributed by atoms with Crippen molar-refractivity contribution in [2.75, 3.05) is 13.2 Å². The van der Waals surface area contributed by atoms with Crippen LogP contribution in [0.3, 0.4) is 0 Å². The van der Waals surface area contributed by atoms with E-state index in [0.29, 0.717) is 12.5 Å². The molecule has 5 nitrogen and oxygen atoms in total.